The van der Waals surface area contributed by atoms with Gasteiger partial charge in [0.05, 0.1) is 14.2 Å². The van der Waals surface area contributed by atoms with Gasteiger partial charge in [-0.2, -0.15) is 0 Å². The number of urea groups is 1. The highest BCUT2D eigenvalue weighted by Crippen LogP contribution is 2.30. The van der Waals surface area contributed by atoms with Crippen molar-refractivity contribution in [3.63, 3.8) is 0 Å². The monoisotopic (exact) mass is 389 g/mol. The Hall–Kier alpha value is -2.60. The van der Waals surface area contributed by atoms with Gasteiger partial charge < -0.3 is 24.6 Å². The lowest BCUT2D eigenvalue weighted by Crippen LogP contribution is -2.50. The van der Waals surface area contributed by atoms with Gasteiger partial charge in [-0.3, -0.25) is 0 Å². The molecule has 0 saturated carbocycles. The second kappa shape index (κ2) is 8.39. The maximum absolute atomic E-state index is 12.6. The predicted octanol–water partition coefficient (Wildman–Crippen LogP) is 4.02. The lowest BCUT2D eigenvalue weighted by Gasteiger charge is -2.36. The van der Waals surface area contributed by atoms with E-state index in [9.17, 15) is 4.79 Å². The fraction of sp³-hybridized carbons (Fsp3) is 0.350. The number of carbonyl (C=O) groups excluding carboxylic acids is 1. The molecular formula is C20H24ClN3O3. The summed E-state index contributed by atoms with van der Waals surface area (Å²) in [4.78, 5) is 16.7. The maximum Gasteiger partial charge on any atom is 0.321 e. The molecule has 27 heavy (non-hydrogen) atoms. The minimum Gasteiger partial charge on any atom is -0.493 e. The van der Waals surface area contributed by atoms with Gasteiger partial charge in [0.15, 0.2) is 11.5 Å². The van der Waals surface area contributed by atoms with Gasteiger partial charge in [-0.1, -0.05) is 11.6 Å². The number of anilines is 2. The number of hydrogen-bond acceptors (Lipinski definition) is 4. The molecule has 0 spiro atoms. The van der Waals surface area contributed by atoms with Crippen molar-refractivity contribution in [2.45, 2.75) is 6.92 Å². The molecule has 2 aromatic carbocycles. The molecule has 144 valence electrons. The highest BCUT2D eigenvalue weighted by Gasteiger charge is 2.22. The third-order valence-electron chi connectivity index (χ3n) is 4.70. The molecule has 0 aliphatic carbocycles. The van der Waals surface area contributed by atoms with Crippen molar-refractivity contribution >= 4 is 29.0 Å². The molecule has 3 rings (SSSR count). The van der Waals surface area contributed by atoms with E-state index >= 15 is 0 Å². The van der Waals surface area contributed by atoms with Crippen LogP contribution in [0, 0.1) is 6.92 Å². The fourth-order valence-corrected chi connectivity index (χ4v) is 3.47. The second-order valence-electron chi connectivity index (χ2n) is 6.40. The van der Waals surface area contributed by atoms with Crippen LogP contribution in [0.2, 0.25) is 5.02 Å². The SMILES string of the molecule is COc1ccc(NC(=O)N2CCN(c3ccc(Cl)cc3C)CC2)cc1OC. The maximum atomic E-state index is 12.6. The summed E-state index contributed by atoms with van der Waals surface area (Å²) >= 11 is 6.04. The Morgan fingerprint density at radius 1 is 1.00 bits per heavy atom. The van der Waals surface area contributed by atoms with Gasteiger partial charge in [0.25, 0.3) is 0 Å². The van der Waals surface area contributed by atoms with Gasteiger partial charge in [0.2, 0.25) is 0 Å². The van der Waals surface area contributed by atoms with Crippen LogP contribution in [-0.4, -0.2) is 51.3 Å². The predicted molar refractivity (Wildman–Crippen MR) is 109 cm³/mol. The Morgan fingerprint density at radius 2 is 1.70 bits per heavy atom. The molecular weight excluding hydrogens is 366 g/mol. The van der Waals surface area contributed by atoms with Crippen molar-refractivity contribution < 1.29 is 14.3 Å². The average molecular weight is 390 g/mol. The largest absolute Gasteiger partial charge is 0.493 e. The Labute approximate surface area is 164 Å². The average Bonchev–Trinajstić information content (AvgIpc) is 2.68. The van der Waals surface area contributed by atoms with Crippen LogP contribution in [0.15, 0.2) is 36.4 Å². The first-order chi connectivity index (χ1) is 13.0. The van der Waals surface area contributed by atoms with Crippen LogP contribution in [0.25, 0.3) is 0 Å². The zero-order valence-electron chi connectivity index (χ0n) is 15.8. The highest BCUT2D eigenvalue weighted by atomic mass is 35.5. The summed E-state index contributed by atoms with van der Waals surface area (Å²) in [5.41, 5.74) is 2.98. The zero-order chi connectivity index (χ0) is 19.4. The number of halogens is 1. The van der Waals surface area contributed by atoms with Crippen LogP contribution in [0.1, 0.15) is 5.56 Å². The second-order valence-corrected chi connectivity index (χ2v) is 6.84. The molecule has 6 nitrogen and oxygen atoms in total. The first-order valence-corrected chi connectivity index (χ1v) is 9.18. The van der Waals surface area contributed by atoms with Crippen molar-refractivity contribution in [3.8, 4) is 11.5 Å². The fourth-order valence-electron chi connectivity index (χ4n) is 3.24. The van der Waals surface area contributed by atoms with E-state index in [0.29, 0.717) is 30.3 Å². The molecule has 1 aliphatic heterocycles. The Bertz CT molecular complexity index is 820. The van der Waals surface area contributed by atoms with Crippen molar-refractivity contribution in [1.29, 1.82) is 0 Å². The number of methoxy groups -OCH3 is 2. The Balaban J connectivity index is 1.60. The van der Waals surface area contributed by atoms with Crippen LogP contribution < -0.4 is 19.7 Å². The number of aryl methyl sites for hydroxylation is 1. The van der Waals surface area contributed by atoms with Crippen LogP contribution >= 0.6 is 11.6 Å². The molecule has 7 heteroatoms. The molecule has 1 N–H and O–H groups in total. The molecule has 1 heterocycles. The highest BCUT2D eigenvalue weighted by molar-refractivity contribution is 6.30. The summed E-state index contributed by atoms with van der Waals surface area (Å²) in [5, 5.41) is 3.67. The van der Waals surface area contributed by atoms with Gasteiger partial charge in [-0.25, -0.2) is 4.79 Å². The van der Waals surface area contributed by atoms with Crippen LogP contribution in [-0.2, 0) is 0 Å². The van der Waals surface area contributed by atoms with Gasteiger partial charge in [0.1, 0.15) is 0 Å². The summed E-state index contributed by atoms with van der Waals surface area (Å²) in [6, 6.07) is 11.1. The Kier molecular flexibility index (Phi) is 5.96. The quantitative estimate of drug-likeness (QED) is 0.858. The molecule has 0 atom stereocenters. The van der Waals surface area contributed by atoms with E-state index in [4.69, 9.17) is 21.1 Å². The Morgan fingerprint density at radius 3 is 2.33 bits per heavy atom. The van der Waals surface area contributed by atoms with Crippen molar-refractivity contribution in [1.82, 2.24) is 4.90 Å². The lowest BCUT2D eigenvalue weighted by atomic mass is 10.1. The number of amides is 2. The first-order valence-electron chi connectivity index (χ1n) is 8.81. The molecule has 1 aliphatic rings. The molecule has 1 saturated heterocycles. The summed E-state index contributed by atoms with van der Waals surface area (Å²) in [6.45, 7) is 4.92. The van der Waals surface area contributed by atoms with Gasteiger partial charge in [-0.15, -0.1) is 0 Å². The van der Waals surface area contributed by atoms with Crippen LogP contribution in [0.5, 0.6) is 11.5 Å². The van der Waals surface area contributed by atoms with Crippen molar-refractivity contribution in [3.05, 3.63) is 47.0 Å². The minimum atomic E-state index is -0.116. The van der Waals surface area contributed by atoms with E-state index in [1.54, 1.807) is 32.4 Å². The van der Waals surface area contributed by atoms with Crippen LogP contribution in [0.4, 0.5) is 16.2 Å². The summed E-state index contributed by atoms with van der Waals surface area (Å²) in [6.07, 6.45) is 0. The van der Waals surface area contributed by atoms with E-state index in [1.165, 1.54) is 5.69 Å². The number of benzene rings is 2. The minimum absolute atomic E-state index is 0.116. The molecule has 2 aromatic rings. The van der Waals surface area contributed by atoms with E-state index in [0.717, 1.165) is 23.7 Å². The van der Waals surface area contributed by atoms with Gasteiger partial charge in [0, 0.05) is 48.6 Å². The van der Waals surface area contributed by atoms with E-state index < -0.39 is 0 Å². The third-order valence-corrected chi connectivity index (χ3v) is 4.94. The first kappa shape index (κ1) is 19.2. The zero-order valence-corrected chi connectivity index (χ0v) is 16.5. The van der Waals surface area contributed by atoms with Gasteiger partial charge in [-0.05, 0) is 42.8 Å². The topological polar surface area (TPSA) is 54.0 Å². The number of rotatable bonds is 4. The summed E-state index contributed by atoms with van der Waals surface area (Å²) < 4.78 is 10.5. The molecule has 0 bridgehead atoms. The van der Waals surface area contributed by atoms with Crippen molar-refractivity contribution in [2.75, 3.05) is 50.6 Å². The van der Waals surface area contributed by atoms with Gasteiger partial charge >= 0.3 is 6.03 Å². The third kappa shape index (κ3) is 4.39. The summed E-state index contributed by atoms with van der Waals surface area (Å²) in [5.74, 6) is 1.21. The molecule has 0 aromatic heterocycles. The number of nitrogens with zero attached hydrogens (tertiary/aromatic N) is 2. The normalized spacial score (nSPS) is 14.1. The van der Waals surface area contributed by atoms with E-state index in [2.05, 4.69) is 17.1 Å². The van der Waals surface area contributed by atoms with E-state index in [1.807, 2.05) is 23.1 Å². The number of carbonyl (C=O) groups is 1. The van der Waals surface area contributed by atoms with E-state index in [-0.39, 0.29) is 6.03 Å². The number of ether oxygens (including phenoxy) is 2. The van der Waals surface area contributed by atoms with Crippen molar-refractivity contribution in [2.24, 2.45) is 0 Å². The lowest BCUT2D eigenvalue weighted by molar-refractivity contribution is 0.208. The number of nitrogens with one attached hydrogen (secondary N) is 1. The molecule has 1 fully saturated rings. The summed E-state index contributed by atoms with van der Waals surface area (Å²) in [7, 11) is 3.15. The molecule has 2 amide bonds. The standard InChI is InChI=1S/C20H24ClN3O3/c1-14-12-15(21)4-6-17(14)23-8-10-24(11-9-23)20(25)22-16-5-7-18(26-2)19(13-16)27-3/h4-7,12-13H,8-11H2,1-3H3,(H,22,25). The molecule has 0 unspecified atom stereocenters. The van der Waals surface area contributed by atoms with Crippen LogP contribution in [0.3, 0.4) is 0 Å². The molecule has 0 radical (unpaired) electrons. The smallest absolute Gasteiger partial charge is 0.321 e. The number of hydrogen-bond donors (Lipinski definition) is 1. The number of piperazine rings is 1.